The maximum Gasteiger partial charge on any atom is -0.00180 e. The third kappa shape index (κ3) is 4.61. The molecule has 2 heteroatoms. The van der Waals surface area contributed by atoms with E-state index in [9.17, 15) is 0 Å². The molecular formula is C17H29NS. The van der Waals surface area contributed by atoms with Crippen molar-refractivity contribution in [2.24, 2.45) is 17.3 Å². The van der Waals surface area contributed by atoms with Crippen LogP contribution in [0.4, 0.5) is 0 Å². The van der Waals surface area contributed by atoms with Crippen molar-refractivity contribution in [2.45, 2.75) is 52.9 Å². The molecule has 2 rings (SSSR count). The van der Waals surface area contributed by atoms with Gasteiger partial charge in [-0.15, -0.1) is 0 Å². The Balaban J connectivity index is 1.90. The molecule has 1 aromatic rings. The van der Waals surface area contributed by atoms with Gasteiger partial charge in [0.05, 0.1) is 0 Å². The van der Waals surface area contributed by atoms with Gasteiger partial charge in [0.25, 0.3) is 0 Å². The highest BCUT2D eigenvalue weighted by molar-refractivity contribution is 7.07. The van der Waals surface area contributed by atoms with Gasteiger partial charge in [-0.05, 0) is 84.8 Å². The second-order valence-corrected chi connectivity index (χ2v) is 7.69. The number of hydrogen-bond donors (Lipinski definition) is 1. The Bertz CT molecular complexity index is 355. The summed E-state index contributed by atoms with van der Waals surface area (Å²) in [6, 6.07) is 2.29. The standard InChI is InChI=1S/C17H29NS/c1-4-18-12-16-7-9-17(2,3)11-15(16)6-5-14-8-10-19-13-14/h8,10,13,15-16,18H,4-7,9,11-12H2,1-3H3. The number of hydrogen-bond acceptors (Lipinski definition) is 2. The summed E-state index contributed by atoms with van der Waals surface area (Å²) >= 11 is 1.83. The Morgan fingerprint density at radius 3 is 2.89 bits per heavy atom. The molecule has 19 heavy (non-hydrogen) atoms. The Morgan fingerprint density at radius 1 is 1.37 bits per heavy atom. The van der Waals surface area contributed by atoms with E-state index < -0.39 is 0 Å². The molecule has 108 valence electrons. The molecule has 1 nitrogen and oxygen atoms in total. The maximum atomic E-state index is 3.57. The van der Waals surface area contributed by atoms with E-state index in [1.165, 1.54) is 44.2 Å². The third-order valence-corrected chi connectivity index (χ3v) is 5.45. The van der Waals surface area contributed by atoms with Gasteiger partial charge in [-0.2, -0.15) is 11.3 Å². The molecule has 1 aliphatic carbocycles. The fraction of sp³-hybridized carbons (Fsp3) is 0.765. The highest BCUT2D eigenvalue weighted by atomic mass is 32.1. The topological polar surface area (TPSA) is 12.0 Å². The zero-order chi connectivity index (χ0) is 13.7. The summed E-state index contributed by atoms with van der Waals surface area (Å²) < 4.78 is 0. The quantitative estimate of drug-likeness (QED) is 0.793. The molecule has 0 aliphatic heterocycles. The molecule has 0 spiro atoms. The lowest BCUT2D eigenvalue weighted by Gasteiger charge is -2.41. The predicted octanol–water partition coefficient (Wildman–Crippen LogP) is 4.73. The fourth-order valence-corrected chi connectivity index (χ4v) is 4.22. The first-order chi connectivity index (χ1) is 9.11. The van der Waals surface area contributed by atoms with Crippen molar-refractivity contribution in [3.8, 4) is 0 Å². The first kappa shape index (κ1) is 15.1. The van der Waals surface area contributed by atoms with Crippen LogP contribution in [-0.4, -0.2) is 13.1 Å². The molecule has 1 aliphatic rings. The van der Waals surface area contributed by atoms with Gasteiger partial charge < -0.3 is 5.32 Å². The number of aryl methyl sites for hydroxylation is 1. The van der Waals surface area contributed by atoms with E-state index in [1.54, 1.807) is 0 Å². The molecule has 0 bridgehead atoms. The second-order valence-electron chi connectivity index (χ2n) is 6.91. The van der Waals surface area contributed by atoms with Gasteiger partial charge in [-0.3, -0.25) is 0 Å². The molecule has 1 aromatic heterocycles. The van der Waals surface area contributed by atoms with E-state index >= 15 is 0 Å². The van der Waals surface area contributed by atoms with Gasteiger partial charge in [-0.25, -0.2) is 0 Å². The van der Waals surface area contributed by atoms with Crippen LogP contribution in [0.2, 0.25) is 0 Å². The molecule has 1 saturated carbocycles. The van der Waals surface area contributed by atoms with Gasteiger partial charge in [0.15, 0.2) is 0 Å². The molecule has 1 heterocycles. The van der Waals surface area contributed by atoms with Gasteiger partial charge in [-0.1, -0.05) is 20.8 Å². The molecule has 0 aromatic carbocycles. The smallest absolute Gasteiger partial charge is 0.00180 e. The minimum Gasteiger partial charge on any atom is -0.317 e. The number of thiophene rings is 1. The van der Waals surface area contributed by atoms with Gasteiger partial charge >= 0.3 is 0 Å². The van der Waals surface area contributed by atoms with E-state index in [0.29, 0.717) is 5.41 Å². The van der Waals surface area contributed by atoms with E-state index in [-0.39, 0.29) is 0 Å². The Labute approximate surface area is 122 Å². The van der Waals surface area contributed by atoms with Crippen molar-refractivity contribution >= 4 is 11.3 Å². The van der Waals surface area contributed by atoms with E-state index in [0.717, 1.165) is 18.4 Å². The normalized spacial score (nSPS) is 26.5. The summed E-state index contributed by atoms with van der Waals surface area (Å²) in [6.07, 6.45) is 6.86. The van der Waals surface area contributed by atoms with E-state index in [4.69, 9.17) is 0 Å². The van der Waals surface area contributed by atoms with Crippen LogP contribution in [0, 0.1) is 17.3 Å². The van der Waals surface area contributed by atoms with Crippen molar-refractivity contribution in [1.29, 1.82) is 0 Å². The Hall–Kier alpha value is -0.340. The maximum absolute atomic E-state index is 3.57. The van der Waals surface area contributed by atoms with Crippen LogP contribution in [0.15, 0.2) is 16.8 Å². The van der Waals surface area contributed by atoms with Crippen molar-refractivity contribution in [2.75, 3.05) is 13.1 Å². The van der Waals surface area contributed by atoms with Crippen molar-refractivity contribution < 1.29 is 0 Å². The van der Waals surface area contributed by atoms with Crippen LogP contribution in [-0.2, 0) is 6.42 Å². The summed E-state index contributed by atoms with van der Waals surface area (Å²) in [5.74, 6) is 1.80. The summed E-state index contributed by atoms with van der Waals surface area (Å²) in [4.78, 5) is 0. The second kappa shape index (κ2) is 6.90. The van der Waals surface area contributed by atoms with Crippen molar-refractivity contribution in [1.82, 2.24) is 5.32 Å². The van der Waals surface area contributed by atoms with Gasteiger partial charge in [0, 0.05) is 0 Å². The molecule has 1 N–H and O–H groups in total. The minimum atomic E-state index is 0.558. The summed E-state index contributed by atoms with van der Waals surface area (Å²) in [5.41, 5.74) is 2.10. The predicted molar refractivity (Wildman–Crippen MR) is 85.8 cm³/mol. The first-order valence-corrected chi connectivity index (χ1v) is 8.77. The number of nitrogens with one attached hydrogen (secondary N) is 1. The molecule has 0 amide bonds. The lowest BCUT2D eigenvalue weighted by atomic mass is 9.66. The molecule has 0 radical (unpaired) electrons. The van der Waals surface area contributed by atoms with Crippen LogP contribution < -0.4 is 5.32 Å². The van der Waals surface area contributed by atoms with Crippen LogP contribution in [0.3, 0.4) is 0 Å². The largest absolute Gasteiger partial charge is 0.317 e. The summed E-state index contributed by atoms with van der Waals surface area (Å²) in [5, 5.41) is 8.09. The molecule has 0 saturated heterocycles. The fourth-order valence-electron chi connectivity index (χ4n) is 3.51. The highest BCUT2D eigenvalue weighted by Crippen LogP contribution is 2.43. The molecule has 2 atom stereocenters. The Kier molecular flexibility index (Phi) is 5.47. The summed E-state index contributed by atoms with van der Waals surface area (Å²) in [7, 11) is 0. The van der Waals surface area contributed by atoms with Crippen molar-refractivity contribution in [3.63, 3.8) is 0 Å². The minimum absolute atomic E-state index is 0.558. The summed E-state index contributed by atoms with van der Waals surface area (Å²) in [6.45, 7) is 9.45. The van der Waals surface area contributed by atoms with Gasteiger partial charge in [0.2, 0.25) is 0 Å². The lowest BCUT2D eigenvalue weighted by Crippen LogP contribution is -2.36. The monoisotopic (exact) mass is 279 g/mol. The van der Waals surface area contributed by atoms with E-state index in [1.807, 2.05) is 11.3 Å². The SMILES string of the molecule is CCNCC1CCC(C)(C)CC1CCc1ccsc1. The molecule has 2 unspecified atom stereocenters. The third-order valence-electron chi connectivity index (χ3n) is 4.71. The van der Waals surface area contributed by atoms with Crippen molar-refractivity contribution in [3.05, 3.63) is 22.4 Å². The molecular weight excluding hydrogens is 250 g/mol. The number of rotatable bonds is 6. The zero-order valence-corrected chi connectivity index (χ0v) is 13.6. The van der Waals surface area contributed by atoms with Crippen LogP contribution >= 0.6 is 11.3 Å². The average molecular weight is 279 g/mol. The lowest BCUT2D eigenvalue weighted by molar-refractivity contribution is 0.110. The van der Waals surface area contributed by atoms with Crippen LogP contribution in [0.25, 0.3) is 0 Å². The average Bonchev–Trinajstić information content (AvgIpc) is 2.87. The Morgan fingerprint density at radius 2 is 2.21 bits per heavy atom. The highest BCUT2D eigenvalue weighted by Gasteiger charge is 2.34. The van der Waals surface area contributed by atoms with Crippen LogP contribution in [0.1, 0.15) is 52.0 Å². The molecule has 1 fully saturated rings. The zero-order valence-electron chi connectivity index (χ0n) is 12.7. The first-order valence-electron chi connectivity index (χ1n) is 7.82. The van der Waals surface area contributed by atoms with Gasteiger partial charge in [0.1, 0.15) is 0 Å². The van der Waals surface area contributed by atoms with Crippen LogP contribution in [0.5, 0.6) is 0 Å². The van der Waals surface area contributed by atoms with E-state index in [2.05, 4.69) is 42.9 Å².